The molecule has 30 heavy (non-hydrogen) atoms. The highest BCUT2D eigenvalue weighted by Gasteiger charge is 2.18. The molecular weight excluding hydrogens is 372 g/mol. The van der Waals surface area contributed by atoms with Gasteiger partial charge in [-0.05, 0) is 68.8 Å². The van der Waals surface area contributed by atoms with Gasteiger partial charge >= 0.3 is 0 Å². The van der Waals surface area contributed by atoms with Crippen LogP contribution < -0.4 is 4.74 Å². The first kappa shape index (κ1) is 22.1. The molecule has 0 fully saturated rings. The van der Waals surface area contributed by atoms with Crippen molar-refractivity contribution in [1.82, 2.24) is 9.88 Å². The first-order valence-corrected chi connectivity index (χ1v) is 11.1. The zero-order valence-corrected chi connectivity index (χ0v) is 18.8. The van der Waals surface area contributed by atoms with E-state index in [0.717, 1.165) is 47.4 Å². The molecule has 1 N–H and O–H groups in total. The van der Waals surface area contributed by atoms with Crippen molar-refractivity contribution in [3.05, 3.63) is 53.7 Å². The minimum atomic E-state index is 0.0868. The maximum atomic E-state index is 12.0. The van der Waals surface area contributed by atoms with Gasteiger partial charge in [0.25, 0.3) is 0 Å². The van der Waals surface area contributed by atoms with Gasteiger partial charge in [0.15, 0.2) is 5.78 Å². The number of rotatable bonds is 11. The van der Waals surface area contributed by atoms with Crippen LogP contribution in [0.4, 0.5) is 0 Å². The molecule has 4 heteroatoms. The maximum absolute atomic E-state index is 12.0. The lowest BCUT2D eigenvalue weighted by molar-refractivity contribution is 0.101. The zero-order chi connectivity index (χ0) is 21.5. The van der Waals surface area contributed by atoms with E-state index in [2.05, 4.69) is 35.9 Å². The number of nitrogens with one attached hydrogen (secondary N) is 1. The van der Waals surface area contributed by atoms with Crippen molar-refractivity contribution in [3.8, 4) is 16.9 Å². The van der Waals surface area contributed by atoms with Crippen LogP contribution in [0.25, 0.3) is 22.0 Å². The quantitative estimate of drug-likeness (QED) is 0.372. The van der Waals surface area contributed by atoms with Crippen molar-refractivity contribution in [2.24, 2.45) is 0 Å². The topological polar surface area (TPSA) is 45.3 Å². The number of ketones is 1. The molecule has 0 aliphatic heterocycles. The number of benzene rings is 2. The fourth-order valence-electron chi connectivity index (χ4n) is 3.95. The van der Waals surface area contributed by atoms with Gasteiger partial charge in [0.1, 0.15) is 5.75 Å². The normalized spacial score (nSPS) is 11.4. The Labute approximate surface area is 180 Å². The molecule has 0 aliphatic rings. The number of Topliss-reactive ketones (excluding diaryl/α,β-unsaturated/α-hetero) is 1. The third kappa shape index (κ3) is 5.11. The van der Waals surface area contributed by atoms with Crippen LogP contribution in [0.3, 0.4) is 0 Å². The predicted molar refractivity (Wildman–Crippen MR) is 125 cm³/mol. The van der Waals surface area contributed by atoms with Gasteiger partial charge in [-0.3, -0.25) is 9.69 Å². The average Bonchev–Trinajstić information content (AvgIpc) is 3.12. The number of aromatic amines is 1. The van der Waals surface area contributed by atoms with Gasteiger partial charge in [0, 0.05) is 34.3 Å². The van der Waals surface area contributed by atoms with Crippen LogP contribution in [0.1, 0.15) is 62.5 Å². The van der Waals surface area contributed by atoms with Gasteiger partial charge in [-0.15, -0.1) is 0 Å². The highest BCUT2D eigenvalue weighted by molar-refractivity contribution is 6.03. The zero-order valence-electron chi connectivity index (χ0n) is 18.8. The lowest BCUT2D eigenvalue weighted by Crippen LogP contribution is -2.26. The highest BCUT2D eigenvalue weighted by atomic mass is 16.5. The van der Waals surface area contributed by atoms with E-state index < -0.39 is 0 Å². The number of unbranched alkanes of at least 4 members (excludes halogenated alkanes) is 2. The maximum Gasteiger partial charge on any atom is 0.159 e. The number of methoxy groups -OCH3 is 1. The molecule has 1 heterocycles. The van der Waals surface area contributed by atoms with Gasteiger partial charge in [0.2, 0.25) is 0 Å². The number of carbonyl (C=O) groups excluding carboxylic acids is 1. The summed E-state index contributed by atoms with van der Waals surface area (Å²) in [4.78, 5) is 18.2. The highest BCUT2D eigenvalue weighted by Crippen LogP contribution is 2.35. The van der Waals surface area contributed by atoms with Gasteiger partial charge < -0.3 is 9.72 Å². The number of nitrogens with zero attached hydrogens (tertiary/aromatic N) is 1. The molecular formula is C26H34N2O2. The van der Waals surface area contributed by atoms with Crippen molar-refractivity contribution in [1.29, 1.82) is 0 Å². The van der Waals surface area contributed by atoms with Crippen LogP contribution >= 0.6 is 0 Å². The summed E-state index contributed by atoms with van der Waals surface area (Å²) >= 11 is 0. The summed E-state index contributed by atoms with van der Waals surface area (Å²) in [6.07, 6.45) is 4.79. The first-order chi connectivity index (χ1) is 14.6. The summed E-state index contributed by atoms with van der Waals surface area (Å²) in [5.74, 6) is 0.924. The minimum Gasteiger partial charge on any atom is -0.497 e. The van der Waals surface area contributed by atoms with Crippen LogP contribution in [0.15, 0.2) is 42.5 Å². The molecule has 160 valence electrons. The fraction of sp³-hybridized carbons (Fsp3) is 0.423. The molecule has 0 saturated heterocycles. The van der Waals surface area contributed by atoms with Gasteiger partial charge in [0.05, 0.1) is 7.11 Å². The van der Waals surface area contributed by atoms with E-state index in [4.69, 9.17) is 4.74 Å². The molecule has 1 aromatic heterocycles. The van der Waals surface area contributed by atoms with Crippen LogP contribution in [0.5, 0.6) is 5.75 Å². The molecule has 4 nitrogen and oxygen atoms in total. The molecule has 0 radical (unpaired) electrons. The number of ether oxygens (including phenoxy) is 1. The third-order valence-electron chi connectivity index (χ3n) is 5.68. The van der Waals surface area contributed by atoms with Crippen LogP contribution in [0.2, 0.25) is 0 Å². The molecule has 3 rings (SSSR count). The van der Waals surface area contributed by atoms with E-state index in [1.165, 1.54) is 36.9 Å². The number of carbonyl (C=O) groups is 1. The summed E-state index contributed by atoms with van der Waals surface area (Å²) in [6, 6.07) is 14.2. The largest absolute Gasteiger partial charge is 0.497 e. The second-order valence-corrected chi connectivity index (χ2v) is 8.01. The molecule has 0 unspecified atom stereocenters. The number of hydrogen-bond donors (Lipinski definition) is 1. The van der Waals surface area contributed by atoms with E-state index in [1.54, 1.807) is 14.0 Å². The summed E-state index contributed by atoms with van der Waals surface area (Å²) in [5.41, 5.74) is 5.29. The Morgan fingerprint density at radius 1 is 1.03 bits per heavy atom. The number of H-pyrrole nitrogens is 1. The van der Waals surface area contributed by atoms with E-state index in [9.17, 15) is 4.79 Å². The molecule has 0 atom stereocenters. The van der Waals surface area contributed by atoms with Gasteiger partial charge in [-0.2, -0.15) is 0 Å². The monoisotopic (exact) mass is 406 g/mol. The Hall–Kier alpha value is -2.59. The lowest BCUT2D eigenvalue weighted by atomic mass is 9.99. The van der Waals surface area contributed by atoms with Crippen molar-refractivity contribution in [2.75, 3.05) is 20.2 Å². The Morgan fingerprint density at radius 3 is 2.40 bits per heavy atom. The van der Waals surface area contributed by atoms with Gasteiger partial charge in [-0.25, -0.2) is 0 Å². The van der Waals surface area contributed by atoms with Crippen LogP contribution in [0, 0.1) is 0 Å². The molecule has 3 aromatic rings. The number of hydrogen-bond acceptors (Lipinski definition) is 3. The minimum absolute atomic E-state index is 0.0868. The summed E-state index contributed by atoms with van der Waals surface area (Å²) < 4.78 is 5.48. The van der Waals surface area contributed by atoms with E-state index in [1.807, 2.05) is 30.3 Å². The molecule has 0 saturated carbocycles. The lowest BCUT2D eigenvalue weighted by Gasteiger charge is -2.22. The molecule has 0 aliphatic carbocycles. The van der Waals surface area contributed by atoms with Crippen LogP contribution in [-0.4, -0.2) is 35.9 Å². The Bertz CT molecular complexity index is 982. The van der Waals surface area contributed by atoms with Crippen molar-refractivity contribution >= 4 is 16.7 Å². The Morgan fingerprint density at radius 2 is 1.77 bits per heavy atom. The Balaban J connectivity index is 2.10. The number of aromatic nitrogens is 1. The SMILES string of the molecule is CCCCN(CCCC)Cc1[nH]c2ccc(C(C)=O)cc2c1-c1cccc(OC)c1. The molecule has 0 spiro atoms. The van der Waals surface area contributed by atoms with Gasteiger partial charge in [-0.1, -0.05) is 38.8 Å². The fourth-order valence-corrected chi connectivity index (χ4v) is 3.95. The standard InChI is InChI=1S/C26H34N2O2/c1-5-7-14-28(15-8-6-2)18-25-26(21-10-9-11-22(16-21)30-4)23-17-20(19(3)29)12-13-24(23)27-25/h9-13,16-17,27H,5-8,14-15,18H2,1-4H3. The molecule has 0 amide bonds. The second kappa shape index (κ2) is 10.4. The summed E-state index contributed by atoms with van der Waals surface area (Å²) in [7, 11) is 1.69. The Kier molecular flexibility index (Phi) is 7.69. The van der Waals surface area contributed by atoms with E-state index in [0.29, 0.717) is 0 Å². The average molecular weight is 407 g/mol. The smallest absolute Gasteiger partial charge is 0.159 e. The second-order valence-electron chi connectivity index (χ2n) is 8.01. The first-order valence-electron chi connectivity index (χ1n) is 11.1. The van der Waals surface area contributed by atoms with Crippen molar-refractivity contribution < 1.29 is 9.53 Å². The van der Waals surface area contributed by atoms with Crippen molar-refractivity contribution in [2.45, 2.75) is 53.0 Å². The summed E-state index contributed by atoms with van der Waals surface area (Å²) in [5, 5.41) is 1.09. The molecule has 2 aromatic carbocycles. The third-order valence-corrected chi connectivity index (χ3v) is 5.68. The van der Waals surface area contributed by atoms with Crippen LogP contribution in [-0.2, 0) is 6.54 Å². The number of fused-ring (bicyclic) bond motifs is 1. The molecule has 0 bridgehead atoms. The van der Waals surface area contributed by atoms with E-state index >= 15 is 0 Å². The predicted octanol–water partition coefficient (Wildman–Crippen LogP) is 6.45. The summed E-state index contributed by atoms with van der Waals surface area (Å²) in [6.45, 7) is 9.18. The van der Waals surface area contributed by atoms with E-state index in [-0.39, 0.29) is 5.78 Å². The van der Waals surface area contributed by atoms with Crippen molar-refractivity contribution in [3.63, 3.8) is 0 Å².